The van der Waals surface area contributed by atoms with Crippen LogP contribution >= 0.6 is 31.9 Å². The Morgan fingerprint density at radius 3 is 1.62 bits per heavy atom. The molecule has 0 saturated heterocycles. The Balaban J connectivity index is 0.000000162. The van der Waals surface area contributed by atoms with E-state index < -0.39 is 0 Å². The zero-order valence-electron chi connectivity index (χ0n) is 26.9. The van der Waals surface area contributed by atoms with E-state index >= 15 is 0 Å². The number of anilines is 2. The molecule has 8 rings (SSSR count). The van der Waals surface area contributed by atoms with Crippen molar-refractivity contribution in [1.82, 2.24) is 29.2 Å². The van der Waals surface area contributed by atoms with Crippen LogP contribution in [0.25, 0.3) is 33.8 Å². The molecule has 0 aliphatic rings. The van der Waals surface area contributed by atoms with Gasteiger partial charge in [-0.15, -0.1) is 0 Å². The second kappa shape index (κ2) is 15.1. The Labute approximate surface area is 311 Å². The number of halogens is 4. The number of nitrogens with one attached hydrogen (secondary N) is 2. The molecule has 6 aromatic heterocycles. The van der Waals surface area contributed by atoms with E-state index in [4.69, 9.17) is 0 Å². The first kappa shape index (κ1) is 34.4. The van der Waals surface area contributed by atoms with Crippen LogP contribution in [0, 0.1) is 11.6 Å². The number of pyridine rings is 2. The molecule has 12 nitrogen and oxygen atoms in total. The van der Waals surface area contributed by atoms with Gasteiger partial charge in [-0.2, -0.15) is 19.2 Å². The van der Waals surface area contributed by atoms with Crippen LogP contribution in [0.1, 0.15) is 11.1 Å². The molecule has 52 heavy (non-hydrogen) atoms. The van der Waals surface area contributed by atoms with Gasteiger partial charge in [-0.25, -0.2) is 18.7 Å². The van der Waals surface area contributed by atoms with Gasteiger partial charge in [-0.1, -0.05) is 24.3 Å². The van der Waals surface area contributed by atoms with Gasteiger partial charge in [-0.05, 0) is 67.8 Å². The smallest absolute Gasteiger partial charge is 0.227 e. The van der Waals surface area contributed by atoms with Gasteiger partial charge in [0.2, 0.25) is 24.8 Å². The average Bonchev–Trinajstić information content (AvgIpc) is 3.72. The maximum Gasteiger partial charge on any atom is 0.227 e. The Kier molecular flexibility index (Phi) is 9.99. The highest BCUT2D eigenvalue weighted by molar-refractivity contribution is 9.11. The van der Waals surface area contributed by atoms with Crippen molar-refractivity contribution in [1.29, 1.82) is 0 Å². The van der Waals surface area contributed by atoms with Gasteiger partial charge in [-0.3, -0.25) is 10.4 Å². The first-order valence-electron chi connectivity index (χ1n) is 15.7. The zero-order chi connectivity index (χ0) is 36.2. The molecule has 0 radical (unpaired) electrons. The first-order chi connectivity index (χ1) is 25.2. The van der Waals surface area contributed by atoms with Crippen molar-refractivity contribution in [3.05, 3.63) is 154 Å². The van der Waals surface area contributed by atoms with Gasteiger partial charge in [0.25, 0.3) is 0 Å². The Hall–Kier alpha value is -6.00. The molecule has 0 fully saturated rings. The van der Waals surface area contributed by atoms with Crippen LogP contribution < -0.4 is 20.1 Å². The van der Waals surface area contributed by atoms with Crippen molar-refractivity contribution in [3.63, 3.8) is 0 Å². The minimum absolute atomic E-state index is 0.332. The van der Waals surface area contributed by atoms with Gasteiger partial charge in [0.15, 0.2) is 11.3 Å². The third-order valence-electron chi connectivity index (χ3n) is 7.83. The molecule has 260 valence electrons. The van der Waals surface area contributed by atoms with Gasteiger partial charge < -0.3 is 10.6 Å². The molecule has 0 spiro atoms. The lowest BCUT2D eigenvalue weighted by atomic mass is 10.1. The summed E-state index contributed by atoms with van der Waals surface area (Å²) >= 11 is 6.86. The fourth-order valence-electron chi connectivity index (χ4n) is 5.31. The van der Waals surface area contributed by atoms with Crippen LogP contribution in [0.4, 0.5) is 20.4 Å². The molecule has 0 amide bonds. The lowest BCUT2D eigenvalue weighted by molar-refractivity contribution is -0.905. The van der Waals surface area contributed by atoms with Crippen molar-refractivity contribution in [2.45, 2.75) is 13.1 Å². The number of benzene rings is 2. The predicted molar refractivity (Wildman–Crippen MR) is 194 cm³/mol. The molecule has 4 N–H and O–H groups in total. The van der Waals surface area contributed by atoms with E-state index in [1.165, 1.54) is 18.3 Å². The summed E-state index contributed by atoms with van der Waals surface area (Å²) in [5, 5.41) is 34.0. The number of aromatic nitrogens is 8. The quantitative estimate of drug-likeness (QED) is 0.0965. The monoisotopic (exact) mass is 828 g/mol. The van der Waals surface area contributed by atoms with Gasteiger partial charge in [0, 0.05) is 69.6 Å². The summed E-state index contributed by atoms with van der Waals surface area (Å²) in [6.07, 6.45) is 9.53. The molecular formula is C36H28Br2F2N10O2+2. The fourth-order valence-corrected chi connectivity index (χ4v) is 6.00. The highest BCUT2D eigenvalue weighted by Gasteiger charge is 2.16. The SMILES string of the molecule is O[n+]1ccc(CNc2cc(-c3ccccc3F)nc3c(Br)cnn23)cc1.O[n+]1cccc(CNc2cc(-c3ccccc3F)nc3c(Br)cnn23)c1. The van der Waals surface area contributed by atoms with E-state index in [2.05, 4.69) is 62.7 Å². The molecule has 16 heteroatoms. The Bertz CT molecular complexity index is 2530. The number of hydrogen-bond donors (Lipinski definition) is 4. The lowest BCUT2D eigenvalue weighted by Crippen LogP contribution is -2.29. The van der Waals surface area contributed by atoms with Crippen molar-refractivity contribution >= 4 is 54.8 Å². The molecule has 0 aliphatic carbocycles. The molecule has 0 bridgehead atoms. The fraction of sp³-hybridized carbons (Fsp3) is 0.0556. The number of rotatable bonds is 8. The van der Waals surface area contributed by atoms with E-state index in [0.717, 1.165) is 25.1 Å². The minimum atomic E-state index is -0.338. The third-order valence-corrected chi connectivity index (χ3v) is 8.95. The lowest BCUT2D eigenvalue weighted by Gasteiger charge is -2.11. The summed E-state index contributed by atoms with van der Waals surface area (Å²) in [5.74, 6) is 0.670. The Morgan fingerprint density at radius 1 is 0.615 bits per heavy atom. The van der Waals surface area contributed by atoms with Crippen molar-refractivity contribution in [2.24, 2.45) is 0 Å². The molecular weight excluding hydrogens is 802 g/mol. The van der Waals surface area contributed by atoms with E-state index in [1.807, 2.05) is 6.07 Å². The van der Waals surface area contributed by atoms with Crippen LogP contribution in [-0.4, -0.2) is 39.6 Å². The molecule has 8 aromatic rings. The van der Waals surface area contributed by atoms with E-state index in [-0.39, 0.29) is 11.6 Å². The van der Waals surface area contributed by atoms with Crippen molar-refractivity contribution in [2.75, 3.05) is 10.6 Å². The van der Waals surface area contributed by atoms with Crippen LogP contribution in [0.15, 0.2) is 131 Å². The van der Waals surface area contributed by atoms with Crippen molar-refractivity contribution < 1.29 is 28.7 Å². The number of fused-ring (bicyclic) bond motifs is 2. The molecule has 0 atom stereocenters. The summed E-state index contributed by atoms with van der Waals surface area (Å²) < 4.78 is 35.1. The summed E-state index contributed by atoms with van der Waals surface area (Å²) in [4.78, 5) is 9.06. The summed E-state index contributed by atoms with van der Waals surface area (Å²) in [7, 11) is 0. The van der Waals surface area contributed by atoms with Gasteiger partial charge >= 0.3 is 0 Å². The van der Waals surface area contributed by atoms with Crippen molar-refractivity contribution in [3.8, 4) is 22.5 Å². The predicted octanol–water partition coefficient (Wildman–Crippen LogP) is 6.87. The van der Waals surface area contributed by atoms with Crippen LogP contribution in [-0.2, 0) is 13.1 Å². The second-order valence-corrected chi connectivity index (χ2v) is 13.1. The topological polar surface area (TPSA) is 133 Å². The van der Waals surface area contributed by atoms with Crippen LogP contribution in [0.5, 0.6) is 0 Å². The first-order valence-corrected chi connectivity index (χ1v) is 17.3. The molecule has 0 saturated carbocycles. The minimum Gasteiger partial charge on any atom is -0.366 e. The third kappa shape index (κ3) is 7.52. The van der Waals surface area contributed by atoms with E-state index in [9.17, 15) is 19.2 Å². The average molecular weight is 830 g/mol. The second-order valence-electron chi connectivity index (χ2n) is 11.4. The highest BCUT2D eigenvalue weighted by atomic mass is 79.9. The van der Waals surface area contributed by atoms with Gasteiger partial charge in [0.1, 0.15) is 23.3 Å². The number of hydrogen-bond acceptors (Lipinski definition) is 8. The van der Waals surface area contributed by atoms with Gasteiger partial charge in [0.05, 0.1) is 32.7 Å². The maximum atomic E-state index is 14.2. The zero-order valence-corrected chi connectivity index (χ0v) is 30.1. The normalized spacial score (nSPS) is 11.0. The maximum absolute atomic E-state index is 14.2. The standard InChI is InChI=1S/2C18H14BrFN5O/c19-14-10-22-25-17(21-9-12-4-3-7-24(26)11-12)8-16(23-18(14)25)13-5-1-2-6-15(13)20;19-14-11-22-25-17(21-10-12-5-7-24(26)8-6-12)9-16(23-18(14)25)13-3-1-2-4-15(13)20/h1-8,10-11,21,26H,9H2;1-9,11,21,26H,10H2/q2*+1. The Morgan fingerprint density at radius 2 is 1.12 bits per heavy atom. The molecule has 2 aromatic carbocycles. The van der Waals surface area contributed by atoms with E-state index in [1.54, 1.807) is 107 Å². The number of nitrogens with zero attached hydrogens (tertiary/aromatic N) is 8. The molecule has 0 unspecified atom stereocenters. The van der Waals surface area contributed by atoms with E-state index in [0.29, 0.717) is 63.0 Å². The largest absolute Gasteiger partial charge is 0.366 e. The summed E-state index contributed by atoms with van der Waals surface area (Å²) in [5.41, 5.74) is 4.88. The molecule has 0 aliphatic heterocycles. The summed E-state index contributed by atoms with van der Waals surface area (Å²) in [6.45, 7) is 0.961. The van der Waals surface area contributed by atoms with Crippen LogP contribution in [0.3, 0.4) is 0 Å². The summed E-state index contributed by atoms with van der Waals surface area (Å²) in [6, 6.07) is 23.8. The highest BCUT2D eigenvalue weighted by Crippen LogP contribution is 2.29. The molecule has 6 heterocycles. The van der Waals surface area contributed by atoms with Crippen LogP contribution in [0.2, 0.25) is 0 Å².